The fraction of sp³-hybridized carbons (Fsp3) is 0.630. The molecule has 1 aliphatic carbocycles. The van der Waals surface area contributed by atoms with Crippen LogP contribution in [0, 0.1) is 11.2 Å². The van der Waals surface area contributed by atoms with Crippen LogP contribution in [0.2, 0.25) is 0 Å². The number of nitrogens with one attached hydrogen (secondary N) is 1. The van der Waals surface area contributed by atoms with Crippen molar-refractivity contribution in [1.29, 1.82) is 0 Å². The lowest BCUT2D eigenvalue weighted by Crippen LogP contribution is -2.59. The zero-order chi connectivity index (χ0) is 26.8. The number of carbonyl (C=O) groups is 4. The molecule has 2 saturated heterocycles. The summed E-state index contributed by atoms with van der Waals surface area (Å²) in [5.41, 5.74) is -2.45. The average Bonchev–Trinajstić information content (AvgIpc) is 3.41. The van der Waals surface area contributed by atoms with E-state index in [1.165, 1.54) is 17.0 Å². The van der Waals surface area contributed by atoms with E-state index >= 15 is 4.39 Å². The van der Waals surface area contributed by atoms with Crippen LogP contribution in [0.15, 0.2) is 12.1 Å². The Kier molecular flexibility index (Phi) is 6.09. The highest BCUT2D eigenvalue weighted by molar-refractivity contribution is 6.05. The number of amides is 4. The molecule has 5 rings (SSSR count). The Labute approximate surface area is 215 Å². The third-order valence-electron chi connectivity index (χ3n) is 8.42. The maximum absolute atomic E-state index is 16.2. The van der Waals surface area contributed by atoms with Crippen molar-refractivity contribution in [3.05, 3.63) is 34.6 Å². The van der Waals surface area contributed by atoms with E-state index in [-0.39, 0.29) is 61.5 Å². The average molecular weight is 516 g/mol. The standard InChI is InChI=1S/C27H34FN3O6/c1-25(2,3)37-24(35)30-13-12-27(36,26(15-30)10-4-5-11-26)18-7-6-16-17(21(18)28)14-31(23(16)34)19-8-9-20(32)29-22(19)33/h6-7,19,36H,4-5,8-15H2,1-3H3,(H,29,32,33). The number of hydrogen-bond donors (Lipinski definition) is 2. The number of aliphatic hydroxyl groups is 1. The number of imide groups is 1. The van der Waals surface area contributed by atoms with Crippen molar-refractivity contribution >= 4 is 23.8 Å². The van der Waals surface area contributed by atoms with E-state index in [1.807, 2.05) is 0 Å². The van der Waals surface area contributed by atoms with Gasteiger partial charge in [-0.3, -0.25) is 19.7 Å². The molecule has 3 fully saturated rings. The molecule has 1 aromatic rings. The number of rotatable bonds is 2. The van der Waals surface area contributed by atoms with Gasteiger partial charge in [0.1, 0.15) is 23.1 Å². The fourth-order valence-corrected chi connectivity index (χ4v) is 6.59. The van der Waals surface area contributed by atoms with Crippen LogP contribution in [0.25, 0.3) is 0 Å². The molecule has 1 saturated carbocycles. The van der Waals surface area contributed by atoms with E-state index < -0.39 is 46.4 Å². The van der Waals surface area contributed by atoms with Crippen molar-refractivity contribution < 1.29 is 33.4 Å². The molecule has 9 nitrogen and oxygen atoms in total. The fourth-order valence-electron chi connectivity index (χ4n) is 6.59. The third kappa shape index (κ3) is 4.19. The second-order valence-corrected chi connectivity index (χ2v) is 11.9. The van der Waals surface area contributed by atoms with Crippen LogP contribution in [0.4, 0.5) is 9.18 Å². The molecular formula is C27H34FN3O6. The van der Waals surface area contributed by atoms with Crippen molar-refractivity contribution in [3.63, 3.8) is 0 Å². The van der Waals surface area contributed by atoms with Crippen LogP contribution in [0.5, 0.6) is 0 Å². The lowest BCUT2D eigenvalue weighted by molar-refractivity contribution is -0.140. The monoisotopic (exact) mass is 515 g/mol. The maximum Gasteiger partial charge on any atom is 0.410 e. The Hall–Kier alpha value is -3.01. The van der Waals surface area contributed by atoms with E-state index in [1.54, 1.807) is 25.7 Å². The van der Waals surface area contributed by atoms with Crippen molar-refractivity contribution in [2.45, 2.75) is 89.5 Å². The summed E-state index contributed by atoms with van der Waals surface area (Å²) in [4.78, 5) is 52.8. The van der Waals surface area contributed by atoms with Gasteiger partial charge in [-0.05, 0) is 52.5 Å². The molecule has 0 aromatic heterocycles. The van der Waals surface area contributed by atoms with Crippen LogP contribution in [-0.2, 0) is 26.5 Å². The summed E-state index contributed by atoms with van der Waals surface area (Å²) in [5, 5.41) is 14.4. The maximum atomic E-state index is 16.2. The van der Waals surface area contributed by atoms with Crippen molar-refractivity contribution in [2.24, 2.45) is 5.41 Å². The first-order valence-corrected chi connectivity index (χ1v) is 13.0. The molecule has 1 aromatic carbocycles. The highest BCUT2D eigenvalue weighted by Gasteiger charge is 2.58. The predicted octanol–water partition coefficient (Wildman–Crippen LogP) is 2.98. The van der Waals surface area contributed by atoms with Gasteiger partial charge >= 0.3 is 6.09 Å². The van der Waals surface area contributed by atoms with Gasteiger partial charge in [-0.2, -0.15) is 0 Å². The largest absolute Gasteiger partial charge is 0.444 e. The van der Waals surface area contributed by atoms with E-state index in [0.29, 0.717) is 12.8 Å². The van der Waals surface area contributed by atoms with Gasteiger partial charge in [-0.25, -0.2) is 9.18 Å². The van der Waals surface area contributed by atoms with Crippen LogP contribution >= 0.6 is 0 Å². The molecule has 10 heteroatoms. The van der Waals surface area contributed by atoms with Gasteiger partial charge in [0.25, 0.3) is 5.91 Å². The quantitative estimate of drug-likeness (QED) is 0.585. The summed E-state index contributed by atoms with van der Waals surface area (Å²) in [6.07, 6.45) is 3.00. The molecule has 37 heavy (non-hydrogen) atoms. The van der Waals surface area contributed by atoms with Crippen LogP contribution < -0.4 is 5.32 Å². The number of fused-ring (bicyclic) bond motifs is 1. The zero-order valence-electron chi connectivity index (χ0n) is 21.6. The minimum Gasteiger partial charge on any atom is -0.444 e. The van der Waals surface area contributed by atoms with Gasteiger partial charge in [0.2, 0.25) is 11.8 Å². The van der Waals surface area contributed by atoms with Crippen LogP contribution in [0.1, 0.15) is 87.2 Å². The van der Waals surface area contributed by atoms with Gasteiger partial charge in [-0.15, -0.1) is 0 Å². The Morgan fingerprint density at radius 1 is 1.16 bits per heavy atom. The molecular weight excluding hydrogens is 481 g/mol. The summed E-state index contributed by atoms with van der Waals surface area (Å²) < 4.78 is 21.8. The molecule has 0 radical (unpaired) electrons. The van der Waals surface area contributed by atoms with E-state index in [2.05, 4.69) is 5.32 Å². The first-order chi connectivity index (χ1) is 17.4. The predicted molar refractivity (Wildman–Crippen MR) is 130 cm³/mol. The van der Waals surface area contributed by atoms with Gasteiger partial charge in [0.15, 0.2) is 0 Å². The van der Waals surface area contributed by atoms with Crippen LogP contribution in [0.3, 0.4) is 0 Å². The highest BCUT2D eigenvalue weighted by atomic mass is 19.1. The highest BCUT2D eigenvalue weighted by Crippen LogP contribution is 2.56. The molecule has 3 aliphatic heterocycles. The lowest BCUT2D eigenvalue weighted by Gasteiger charge is -2.52. The number of likely N-dealkylation sites (tertiary alicyclic amines) is 1. The van der Waals surface area contributed by atoms with Crippen molar-refractivity contribution in [1.82, 2.24) is 15.1 Å². The second kappa shape index (κ2) is 8.79. The van der Waals surface area contributed by atoms with Gasteiger partial charge in [-0.1, -0.05) is 18.9 Å². The first kappa shape index (κ1) is 25.6. The Bertz CT molecular complexity index is 1170. The van der Waals surface area contributed by atoms with Gasteiger partial charge < -0.3 is 19.6 Å². The van der Waals surface area contributed by atoms with Crippen molar-refractivity contribution in [2.75, 3.05) is 13.1 Å². The summed E-state index contributed by atoms with van der Waals surface area (Å²) in [6.45, 7) is 5.77. The van der Waals surface area contributed by atoms with E-state index in [9.17, 15) is 24.3 Å². The number of benzene rings is 1. The minimum absolute atomic E-state index is 0.104. The number of nitrogens with zero attached hydrogens (tertiary/aromatic N) is 2. The molecule has 2 N–H and O–H groups in total. The lowest BCUT2D eigenvalue weighted by atomic mass is 9.62. The molecule has 2 unspecified atom stereocenters. The molecule has 0 bridgehead atoms. The summed E-state index contributed by atoms with van der Waals surface area (Å²) >= 11 is 0. The molecule has 200 valence electrons. The number of ether oxygens (including phenoxy) is 1. The molecule has 4 aliphatic rings. The smallest absolute Gasteiger partial charge is 0.410 e. The third-order valence-corrected chi connectivity index (χ3v) is 8.42. The summed E-state index contributed by atoms with van der Waals surface area (Å²) in [7, 11) is 0. The number of carbonyl (C=O) groups excluding carboxylic acids is 4. The Morgan fingerprint density at radius 3 is 2.51 bits per heavy atom. The first-order valence-electron chi connectivity index (χ1n) is 13.0. The minimum atomic E-state index is -1.52. The zero-order valence-corrected chi connectivity index (χ0v) is 21.6. The van der Waals surface area contributed by atoms with Gasteiger partial charge in [0, 0.05) is 41.6 Å². The van der Waals surface area contributed by atoms with Gasteiger partial charge in [0.05, 0.1) is 6.54 Å². The molecule has 3 heterocycles. The van der Waals surface area contributed by atoms with E-state index in [4.69, 9.17) is 4.74 Å². The number of halogens is 1. The molecule has 2 atom stereocenters. The number of hydrogen-bond acceptors (Lipinski definition) is 6. The summed E-state index contributed by atoms with van der Waals surface area (Å²) in [6, 6.07) is 2.17. The molecule has 1 spiro atoms. The van der Waals surface area contributed by atoms with Crippen LogP contribution in [-0.4, -0.2) is 63.5 Å². The SMILES string of the molecule is CC(C)(C)OC(=O)N1CCC(O)(c2ccc3c(c2F)CN(C2CCC(=O)NC2=O)C3=O)C2(CCCC2)C1. The number of piperidine rings is 2. The normalized spacial score (nSPS) is 27.5. The van der Waals surface area contributed by atoms with Crippen molar-refractivity contribution in [3.8, 4) is 0 Å². The Morgan fingerprint density at radius 2 is 1.86 bits per heavy atom. The molecule has 4 amide bonds. The summed E-state index contributed by atoms with van der Waals surface area (Å²) in [5.74, 6) is -2.05. The van der Waals surface area contributed by atoms with E-state index in [0.717, 1.165) is 12.8 Å². The second-order valence-electron chi connectivity index (χ2n) is 11.9. The Balaban J connectivity index is 1.45. The topological polar surface area (TPSA) is 116 Å².